The molecule has 3 nitrogen and oxygen atoms in total. The Morgan fingerprint density at radius 3 is 2.17 bits per heavy atom. The Morgan fingerprint density at radius 1 is 0.900 bits per heavy atom. The van der Waals surface area contributed by atoms with Gasteiger partial charge in [-0.1, -0.05) is 41.4 Å². The highest BCUT2D eigenvalue weighted by Gasteiger charge is 2.41. The molecule has 214 valence electrons. The molecular formula is C27H20Cl2F8N2O. The van der Waals surface area contributed by atoms with Crippen LogP contribution in [0.1, 0.15) is 38.5 Å². The van der Waals surface area contributed by atoms with Crippen LogP contribution >= 0.6 is 23.2 Å². The van der Waals surface area contributed by atoms with Crippen LogP contribution in [0.5, 0.6) is 0 Å². The average molecular weight is 611 g/mol. The van der Waals surface area contributed by atoms with E-state index in [1.54, 1.807) is 24.1 Å². The predicted octanol–water partition coefficient (Wildman–Crippen LogP) is 8.05. The Kier molecular flexibility index (Phi) is 8.40. The average Bonchev–Trinajstić information content (AvgIpc) is 3.30. The van der Waals surface area contributed by atoms with Crippen molar-refractivity contribution in [2.75, 3.05) is 20.1 Å². The van der Waals surface area contributed by atoms with Crippen molar-refractivity contribution in [3.63, 3.8) is 0 Å². The van der Waals surface area contributed by atoms with Crippen molar-refractivity contribution in [2.24, 2.45) is 0 Å². The van der Waals surface area contributed by atoms with E-state index < -0.39 is 58.5 Å². The van der Waals surface area contributed by atoms with Crippen LogP contribution in [-0.2, 0) is 18.9 Å². The maximum absolute atomic E-state index is 14.8. The van der Waals surface area contributed by atoms with Gasteiger partial charge in [0.2, 0.25) is 0 Å². The summed E-state index contributed by atoms with van der Waals surface area (Å²) < 4.78 is 108. The van der Waals surface area contributed by atoms with Crippen LogP contribution in [0.2, 0.25) is 10.0 Å². The number of nitrogens with zero attached hydrogens (tertiary/aromatic N) is 2. The quantitative estimate of drug-likeness (QED) is 0.273. The van der Waals surface area contributed by atoms with Gasteiger partial charge < -0.3 is 4.90 Å². The number of benzene rings is 3. The lowest BCUT2D eigenvalue weighted by Crippen LogP contribution is -2.38. The molecule has 3 aromatic rings. The zero-order valence-electron chi connectivity index (χ0n) is 20.6. The molecule has 0 aromatic heterocycles. The van der Waals surface area contributed by atoms with Gasteiger partial charge in [-0.3, -0.25) is 9.69 Å². The number of carbonyl (C=O) groups excluding carboxylic acids is 1. The van der Waals surface area contributed by atoms with Gasteiger partial charge in [-0.15, -0.1) is 0 Å². The molecule has 0 bridgehead atoms. The normalized spacial score (nSPS) is 18.1. The number of alkyl halides is 6. The molecule has 0 aliphatic carbocycles. The molecule has 0 saturated carbocycles. The van der Waals surface area contributed by atoms with Crippen molar-refractivity contribution >= 4 is 29.1 Å². The molecule has 4 rings (SSSR count). The molecule has 1 aliphatic heterocycles. The number of likely N-dealkylation sites (tertiary alicyclic amines) is 1. The van der Waals surface area contributed by atoms with Crippen LogP contribution < -0.4 is 0 Å². The van der Waals surface area contributed by atoms with Crippen molar-refractivity contribution in [1.82, 2.24) is 9.80 Å². The molecule has 1 aliphatic rings. The summed E-state index contributed by atoms with van der Waals surface area (Å²) in [5.74, 6) is -4.60. The zero-order valence-corrected chi connectivity index (χ0v) is 22.1. The van der Waals surface area contributed by atoms with E-state index in [1.807, 2.05) is 0 Å². The van der Waals surface area contributed by atoms with E-state index in [-0.39, 0.29) is 35.2 Å². The van der Waals surface area contributed by atoms with E-state index in [1.165, 1.54) is 11.0 Å². The number of amides is 1. The molecule has 3 aromatic carbocycles. The first-order valence-electron chi connectivity index (χ1n) is 11.7. The fraction of sp³-hybridized carbons (Fsp3) is 0.296. The molecule has 2 atom stereocenters. The highest BCUT2D eigenvalue weighted by Crippen LogP contribution is 2.37. The topological polar surface area (TPSA) is 23.6 Å². The molecule has 13 heteroatoms. The summed E-state index contributed by atoms with van der Waals surface area (Å²) >= 11 is 12.2. The lowest BCUT2D eigenvalue weighted by Gasteiger charge is -2.29. The van der Waals surface area contributed by atoms with Gasteiger partial charge in [0.1, 0.15) is 11.6 Å². The molecule has 1 amide bonds. The number of hydrogen-bond acceptors (Lipinski definition) is 2. The Labute approximate surface area is 233 Å². The Morgan fingerprint density at radius 2 is 1.57 bits per heavy atom. The highest BCUT2D eigenvalue weighted by atomic mass is 35.5. The van der Waals surface area contributed by atoms with Gasteiger partial charge in [0.05, 0.1) is 26.7 Å². The van der Waals surface area contributed by atoms with Crippen molar-refractivity contribution in [3.8, 4) is 0 Å². The van der Waals surface area contributed by atoms with Crippen LogP contribution in [0, 0.1) is 11.6 Å². The minimum absolute atomic E-state index is 0.0303. The van der Waals surface area contributed by atoms with Gasteiger partial charge in [0.25, 0.3) is 5.91 Å². The van der Waals surface area contributed by atoms with E-state index in [0.29, 0.717) is 17.7 Å². The Hall–Kier alpha value is -2.89. The minimum atomic E-state index is -5.01. The van der Waals surface area contributed by atoms with E-state index in [4.69, 9.17) is 23.2 Å². The molecular weight excluding hydrogens is 591 g/mol. The second kappa shape index (κ2) is 11.2. The summed E-state index contributed by atoms with van der Waals surface area (Å²) in [5.41, 5.74) is -2.90. The van der Waals surface area contributed by atoms with Gasteiger partial charge in [0.15, 0.2) is 0 Å². The fourth-order valence-corrected chi connectivity index (χ4v) is 5.15. The zero-order chi connectivity index (χ0) is 29.6. The second-order valence-electron chi connectivity index (χ2n) is 9.45. The third-order valence-corrected chi connectivity index (χ3v) is 7.56. The van der Waals surface area contributed by atoms with Crippen LogP contribution in [0.3, 0.4) is 0 Å². The monoisotopic (exact) mass is 610 g/mol. The Balaban J connectivity index is 1.65. The molecule has 1 saturated heterocycles. The van der Waals surface area contributed by atoms with Crippen molar-refractivity contribution in [3.05, 3.63) is 104 Å². The summed E-state index contributed by atoms with van der Waals surface area (Å²) in [7, 11) is 1.60. The lowest BCUT2D eigenvalue weighted by molar-refractivity contribution is -0.140. The van der Waals surface area contributed by atoms with Gasteiger partial charge in [-0.25, -0.2) is 8.78 Å². The first-order chi connectivity index (χ1) is 18.6. The van der Waals surface area contributed by atoms with Crippen molar-refractivity contribution in [1.29, 1.82) is 0 Å². The number of carbonyl (C=O) groups is 1. The summed E-state index contributed by atoms with van der Waals surface area (Å²) in [4.78, 5) is 16.1. The van der Waals surface area contributed by atoms with Gasteiger partial charge in [0, 0.05) is 31.6 Å². The van der Waals surface area contributed by atoms with Crippen molar-refractivity contribution < 1.29 is 39.9 Å². The standard InChI is InChI=1S/C27H20Cl2F8N2O/c1-38(11-14-5-7-18(22(30)9-14)26(32,33)34)23-13-39(12-17(23)15-6-8-20(28)21(29)10-15)25(40)16-3-2-4-19(24(16)31)27(35,36)37/h2-10,17,23H,11-13H2,1H3/t17-,23-/m1/s1. The van der Waals surface area contributed by atoms with Crippen LogP contribution in [-0.4, -0.2) is 41.9 Å². The van der Waals surface area contributed by atoms with Crippen LogP contribution in [0.25, 0.3) is 0 Å². The summed E-state index contributed by atoms with van der Waals surface area (Å²) in [5, 5.41) is 0.464. The van der Waals surface area contributed by atoms with Gasteiger partial charge in [-0.05, 0) is 54.6 Å². The van der Waals surface area contributed by atoms with Crippen molar-refractivity contribution in [2.45, 2.75) is 30.9 Å². The molecule has 40 heavy (non-hydrogen) atoms. The number of likely N-dealkylation sites (N-methyl/N-ethyl adjacent to an activating group) is 1. The third kappa shape index (κ3) is 6.21. The first kappa shape index (κ1) is 30.1. The highest BCUT2D eigenvalue weighted by molar-refractivity contribution is 6.42. The molecule has 0 radical (unpaired) electrons. The number of hydrogen-bond donors (Lipinski definition) is 0. The van der Waals surface area contributed by atoms with E-state index >= 15 is 0 Å². The first-order valence-corrected chi connectivity index (χ1v) is 12.5. The lowest BCUT2D eigenvalue weighted by atomic mass is 9.93. The smallest absolute Gasteiger partial charge is 0.336 e. The van der Waals surface area contributed by atoms with Crippen LogP contribution in [0.4, 0.5) is 35.1 Å². The minimum Gasteiger partial charge on any atom is -0.336 e. The molecule has 1 fully saturated rings. The van der Waals surface area contributed by atoms with Gasteiger partial charge >= 0.3 is 12.4 Å². The molecule has 0 spiro atoms. The summed E-state index contributed by atoms with van der Waals surface area (Å²) in [6.07, 6.45) is -9.87. The number of rotatable bonds is 5. The van der Waals surface area contributed by atoms with E-state index in [0.717, 1.165) is 24.3 Å². The fourth-order valence-electron chi connectivity index (χ4n) is 4.85. The summed E-state index contributed by atoms with van der Waals surface area (Å²) in [6.45, 7) is -0.139. The summed E-state index contributed by atoms with van der Waals surface area (Å²) in [6, 6.07) is 9.15. The molecule has 0 N–H and O–H groups in total. The largest absolute Gasteiger partial charge is 0.419 e. The second-order valence-corrected chi connectivity index (χ2v) is 10.3. The SMILES string of the molecule is CN(Cc1ccc(C(F)(F)F)c(F)c1)[C@@H]1CN(C(=O)c2cccc(C(F)(F)F)c2F)C[C@@H]1c1ccc(Cl)c(Cl)c1. The van der Waals surface area contributed by atoms with Gasteiger partial charge in [-0.2, -0.15) is 26.3 Å². The number of halogens is 10. The van der Waals surface area contributed by atoms with E-state index in [9.17, 15) is 39.9 Å². The third-order valence-electron chi connectivity index (χ3n) is 6.82. The maximum Gasteiger partial charge on any atom is 0.419 e. The maximum atomic E-state index is 14.8. The molecule has 1 heterocycles. The predicted molar refractivity (Wildman–Crippen MR) is 133 cm³/mol. The Bertz CT molecular complexity index is 1430. The van der Waals surface area contributed by atoms with E-state index in [2.05, 4.69) is 0 Å². The van der Waals surface area contributed by atoms with Crippen LogP contribution in [0.15, 0.2) is 54.6 Å². The molecule has 0 unspecified atom stereocenters.